The fourth-order valence-electron chi connectivity index (χ4n) is 2.23. The number of carbonyl (C=O) groups excluding carboxylic acids is 1. The van der Waals surface area contributed by atoms with Crippen LogP contribution in [0.4, 0.5) is 13.2 Å². The highest BCUT2D eigenvalue weighted by molar-refractivity contribution is 5.94. The van der Waals surface area contributed by atoms with Crippen molar-refractivity contribution in [2.45, 2.75) is 19.6 Å². The molecule has 0 saturated heterocycles. The second-order valence-electron chi connectivity index (χ2n) is 5.31. The third kappa shape index (κ3) is 4.50. The van der Waals surface area contributed by atoms with E-state index < -0.39 is 11.7 Å². The summed E-state index contributed by atoms with van der Waals surface area (Å²) in [5.41, 5.74) is 0.353. The van der Waals surface area contributed by atoms with Gasteiger partial charge in [0.2, 0.25) is 0 Å². The molecular weight excluding hydrogens is 319 g/mol. The van der Waals surface area contributed by atoms with Crippen molar-refractivity contribution in [1.29, 1.82) is 0 Å². The normalized spacial score (nSPS) is 11.2. The van der Waals surface area contributed by atoms with Crippen LogP contribution in [0.2, 0.25) is 0 Å². The molecule has 6 heteroatoms. The third-order valence-corrected chi connectivity index (χ3v) is 3.46. The molecule has 0 unspecified atom stereocenters. The molecule has 2 aromatic rings. The lowest BCUT2D eigenvalue weighted by Crippen LogP contribution is -2.26. The molecule has 0 N–H and O–H groups in total. The smallest absolute Gasteiger partial charge is 0.416 e. The fourth-order valence-corrected chi connectivity index (χ4v) is 2.23. The van der Waals surface area contributed by atoms with Crippen molar-refractivity contribution in [3.05, 3.63) is 65.2 Å². The summed E-state index contributed by atoms with van der Waals surface area (Å²) in [5.74, 6) is 0.413. The van der Waals surface area contributed by atoms with Crippen LogP contribution in [0.15, 0.2) is 48.5 Å². The van der Waals surface area contributed by atoms with Gasteiger partial charge in [0.15, 0.2) is 0 Å². The lowest BCUT2D eigenvalue weighted by molar-refractivity contribution is -0.137. The molecule has 3 nitrogen and oxygen atoms in total. The van der Waals surface area contributed by atoms with Crippen molar-refractivity contribution in [2.75, 3.05) is 13.7 Å². The number of halogens is 3. The van der Waals surface area contributed by atoms with Crippen molar-refractivity contribution in [3.8, 4) is 5.75 Å². The van der Waals surface area contributed by atoms with Gasteiger partial charge in [-0.05, 0) is 48.9 Å². The quantitative estimate of drug-likeness (QED) is 0.810. The lowest BCUT2D eigenvalue weighted by atomic mass is 10.1. The molecule has 0 aliphatic carbocycles. The summed E-state index contributed by atoms with van der Waals surface area (Å²) in [6, 6.07) is 11.5. The van der Waals surface area contributed by atoms with Gasteiger partial charge in [-0.1, -0.05) is 12.1 Å². The summed E-state index contributed by atoms with van der Waals surface area (Å²) in [7, 11) is 1.61. The first kappa shape index (κ1) is 17.8. The van der Waals surface area contributed by atoms with Crippen LogP contribution in [0.5, 0.6) is 5.75 Å². The molecule has 24 heavy (non-hydrogen) atoms. The Morgan fingerprint density at radius 1 is 1.04 bits per heavy atom. The van der Waals surface area contributed by atoms with Crippen molar-refractivity contribution >= 4 is 5.91 Å². The van der Waals surface area contributed by atoms with Crippen LogP contribution in [0, 0.1) is 0 Å². The van der Waals surface area contributed by atoms with E-state index in [2.05, 4.69) is 0 Å². The van der Waals surface area contributed by atoms with E-state index in [1.54, 1.807) is 7.05 Å². The van der Waals surface area contributed by atoms with Crippen LogP contribution in [0.25, 0.3) is 0 Å². The molecule has 0 saturated carbocycles. The molecule has 2 rings (SSSR count). The van der Waals surface area contributed by atoms with Gasteiger partial charge in [-0.15, -0.1) is 0 Å². The molecule has 0 spiro atoms. The number of amides is 1. The molecule has 0 heterocycles. The first-order valence-corrected chi connectivity index (χ1v) is 7.45. The molecule has 128 valence electrons. The van der Waals surface area contributed by atoms with Crippen molar-refractivity contribution in [1.82, 2.24) is 4.90 Å². The zero-order chi connectivity index (χ0) is 17.7. The van der Waals surface area contributed by atoms with Gasteiger partial charge in [0, 0.05) is 19.2 Å². The Morgan fingerprint density at radius 3 is 2.12 bits per heavy atom. The predicted molar refractivity (Wildman–Crippen MR) is 84.9 cm³/mol. The second kappa shape index (κ2) is 7.38. The lowest BCUT2D eigenvalue weighted by Gasteiger charge is -2.18. The first-order valence-electron chi connectivity index (χ1n) is 7.45. The maximum atomic E-state index is 12.5. The van der Waals surface area contributed by atoms with Crippen LogP contribution in [-0.2, 0) is 12.7 Å². The topological polar surface area (TPSA) is 29.5 Å². The van der Waals surface area contributed by atoms with E-state index in [9.17, 15) is 18.0 Å². The van der Waals surface area contributed by atoms with Crippen LogP contribution in [-0.4, -0.2) is 24.5 Å². The van der Waals surface area contributed by atoms with E-state index in [0.717, 1.165) is 23.4 Å². The van der Waals surface area contributed by atoms with Crippen LogP contribution in [0.1, 0.15) is 28.4 Å². The molecule has 0 fully saturated rings. The third-order valence-electron chi connectivity index (χ3n) is 3.46. The van der Waals surface area contributed by atoms with Crippen molar-refractivity contribution in [2.24, 2.45) is 0 Å². The molecule has 0 atom stereocenters. The Kier molecular flexibility index (Phi) is 5.49. The minimum atomic E-state index is -4.41. The fraction of sp³-hybridized carbons (Fsp3) is 0.278. The summed E-state index contributed by atoms with van der Waals surface area (Å²) in [5, 5.41) is 0. The average molecular weight is 337 g/mol. The summed E-state index contributed by atoms with van der Waals surface area (Å²) >= 11 is 0. The molecule has 0 aromatic heterocycles. The summed E-state index contributed by atoms with van der Waals surface area (Å²) in [6.45, 7) is 2.82. The summed E-state index contributed by atoms with van der Waals surface area (Å²) in [4.78, 5) is 13.8. The second-order valence-corrected chi connectivity index (χ2v) is 5.31. The van der Waals surface area contributed by atoms with Crippen LogP contribution in [0.3, 0.4) is 0 Å². The highest BCUT2D eigenvalue weighted by Crippen LogP contribution is 2.29. The van der Waals surface area contributed by atoms with Gasteiger partial charge in [-0.2, -0.15) is 13.2 Å². The molecular formula is C18H18F3NO2. The van der Waals surface area contributed by atoms with E-state index in [1.807, 2.05) is 31.2 Å². The number of benzene rings is 2. The largest absolute Gasteiger partial charge is 0.494 e. The number of alkyl halides is 3. The molecule has 0 bridgehead atoms. The molecule has 0 aliphatic heterocycles. The van der Waals surface area contributed by atoms with E-state index >= 15 is 0 Å². The Balaban J connectivity index is 2.03. The summed E-state index contributed by atoms with van der Waals surface area (Å²) in [6.07, 6.45) is -4.41. The van der Waals surface area contributed by atoms with E-state index in [0.29, 0.717) is 13.2 Å². The maximum Gasteiger partial charge on any atom is 0.416 e. The highest BCUT2D eigenvalue weighted by atomic mass is 19.4. The minimum absolute atomic E-state index is 0.219. The van der Waals surface area contributed by atoms with Gasteiger partial charge >= 0.3 is 6.18 Å². The number of hydrogen-bond acceptors (Lipinski definition) is 2. The first-order chi connectivity index (χ1) is 11.3. The standard InChI is InChI=1S/C18H18F3NO2/c1-3-24-16-10-4-13(5-11-16)12-22(2)17(23)14-6-8-15(9-7-14)18(19,20)21/h4-11H,3,12H2,1-2H3. The Labute approximate surface area is 138 Å². The van der Waals surface area contributed by atoms with E-state index in [4.69, 9.17) is 4.74 Å². The van der Waals surface area contributed by atoms with Crippen LogP contribution < -0.4 is 4.74 Å². The Morgan fingerprint density at radius 2 is 1.62 bits per heavy atom. The van der Waals surface area contributed by atoms with E-state index in [1.165, 1.54) is 17.0 Å². The Bertz CT molecular complexity index is 679. The van der Waals surface area contributed by atoms with Gasteiger partial charge in [0.05, 0.1) is 12.2 Å². The highest BCUT2D eigenvalue weighted by Gasteiger charge is 2.30. The van der Waals surface area contributed by atoms with Gasteiger partial charge < -0.3 is 9.64 Å². The van der Waals surface area contributed by atoms with E-state index in [-0.39, 0.29) is 11.5 Å². The van der Waals surface area contributed by atoms with Crippen LogP contribution >= 0.6 is 0 Å². The van der Waals surface area contributed by atoms with Gasteiger partial charge in [-0.25, -0.2) is 0 Å². The molecule has 0 aliphatic rings. The molecule has 2 aromatic carbocycles. The minimum Gasteiger partial charge on any atom is -0.494 e. The predicted octanol–water partition coefficient (Wildman–Crippen LogP) is 4.38. The van der Waals surface area contributed by atoms with Crippen molar-refractivity contribution in [3.63, 3.8) is 0 Å². The monoisotopic (exact) mass is 337 g/mol. The zero-order valence-corrected chi connectivity index (χ0v) is 13.4. The molecule has 1 amide bonds. The maximum absolute atomic E-state index is 12.5. The number of hydrogen-bond donors (Lipinski definition) is 0. The number of rotatable bonds is 5. The average Bonchev–Trinajstić information content (AvgIpc) is 2.55. The van der Waals surface area contributed by atoms with Gasteiger partial charge in [0.1, 0.15) is 5.75 Å². The summed E-state index contributed by atoms with van der Waals surface area (Å²) < 4.78 is 43.0. The number of nitrogens with zero attached hydrogens (tertiary/aromatic N) is 1. The SMILES string of the molecule is CCOc1ccc(CN(C)C(=O)c2ccc(C(F)(F)F)cc2)cc1. The molecule has 0 radical (unpaired) electrons. The zero-order valence-electron chi connectivity index (χ0n) is 13.4. The number of carbonyl (C=O) groups is 1. The van der Waals surface area contributed by atoms with Gasteiger partial charge in [-0.3, -0.25) is 4.79 Å². The van der Waals surface area contributed by atoms with Gasteiger partial charge in [0.25, 0.3) is 5.91 Å². The Hall–Kier alpha value is -2.50. The number of ether oxygens (including phenoxy) is 1. The van der Waals surface area contributed by atoms with Crippen molar-refractivity contribution < 1.29 is 22.7 Å².